The quantitative estimate of drug-likeness (QED) is 0.782. The third kappa shape index (κ3) is 4.64. The van der Waals surface area contributed by atoms with E-state index in [0.29, 0.717) is 5.56 Å². The largest absolute Gasteiger partial charge is 0.386 e. The molecule has 2 aromatic rings. The van der Waals surface area contributed by atoms with Gasteiger partial charge < -0.3 is 10.4 Å². The SMILES string of the molecule is O=C(N[C@H](CF)[C@H](O)c1ccc(-c2ccncc2)cc1)C(Cl)Cl. The van der Waals surface area contributed by atoms with Crippen molar-refractivity contribution >= 4 is 29.1 Å². The molecule has 7 heteroatoms. The molecule has 0 fully saturated rings. The van der Waals surface area contributed by atoms with Crippen LogP contribution in [0.4, 0.5) is 4.39 Å². The topological polar surface area (TPSA) is 62.2 Å². The lowest BCUT2D eigenvalue weighted by atomic mass is 9.99. The Morgan fingerprint density at radius 3 is 2.22 bits per heavy atom. The molecule has 0 radical (unpaired) electrons. The third-order valence-electron chi connectivity index (χ3n) is 3.34. The van der Waals surface area contributed by atoms with Crippen LogP contribution in [0.3, 0.4) is 0 Å². The third-order valence-corrected chi connectivity index (χ3v) is 3.74. The Balaban J connectivity index is 2.12. The standard InChI is InChI=1S/C16H15Cl2FN2O2/c17-15(18)16(23)21-13(9-19)14(22)12-3-1-10(2-4-12)11-5-7-20-8-6-11/h1-8,13-15,22H,9H2,(H,21,23)/t13-,14-/m1/s1. The van der Waals surface area contributed by atoms with E-state index < -0.39 is 29.6 Å². The first-order valence-corrected chi connectivity index (χ1v) is 7.73. The number of carbonyl (C=O) groups excluding carboxylic acids is 1. The van der Waals surface area contributed by atoms with E-state index in [4.69, 9.17) is 23.2 Å². The molecule has 122 valence electrons. The van der Waals surface area contributed by atoms with Crippen LogP contribution in [-0.2, 0) is 4.79 Å². The van der Waals surface area contributed by atoms with Gasteiger partial charge in [0.25, 0.3) is 5.91 Å². The Morgan fingerprint density at radius 1 is 1.13 bits per heavy atom. The zero-order chi connectivity index (χ0) is 16.8. The number of nitrogens with zero attached hydrogens (tertiary/aromatic N) is 1. The normalized spacial score (nSPS) is 13.6. The van der Waals surface area contributed by atoms with Crippen LogP contribution < -0.4 is 5.32 Å². The maximum absolute atomic E-state index is 13.1. The monoisotopic (exact) mass is 356 g/mol. The van der Waals surface area contributed by atoms with Crippen molar-refractivity contribution in [1.82, 2.24) is 10.3 Å². The smallest absolute Gasteiger partial charge is 0.253 e. The highest BCUT2D eigenvalue weighted by Gasteiger charge is 2.25. The number of aromatic nitrogens is 1. The van der Waals surface area contributed by atoms with Gasteiger partial charge in [0.05, 0.1) is 6.04 Å². The minimum absolute atomic E-state index is 0.478. The number of amides is 1. The van der Waals surface area contributed by atoms with Crippen molar-refractivity contribution in [3.63, 3.8) is 0 Å². The number of rotatable bonds is 6. The number of carbonyl (C=O) groups is 1. The van der Waals surface area contributed by atoms with Crippen molar-refractivity contribution in [2.75, 3.05) is 6.67 Å². The number of alkyl halides is 3. The fourth-order valence-electron chi connectivity index (χ4n) is 2.10. The highest BCUT2D eigenvalue weighted by Crippen LogP contribution is 2.23. The van der Waals surface area contributed by atoms with Gasteiger partial charge in [0.15, 0.2) is 4.84 Å². The minimum Gasteiger partial charge on any atom is -0.386 e. The number of hydrogen-bond acceptors (Lipinski definition) is 3. The van der Waals surface area contributed by atoms with Crippen molar-refractivity contribution < 1.29 is 14.3 Å². The maximum atomic E-state index is 13.1. The fraction of sp³-hybridized carbons (Fsp3) is 0.250. The van der Waals surface area contributed by atoms with Crippen molar-refractivity contribution in [2.24, 2.45) is 0 Å². The molecule has 1 amide bonds. The van der Waals surface area contributed by atoms with Gasteiger partial charge in [0.1, 0.15) is 12.8 Å². The van der Waals surface area contributed by atoms with Gasteiger partial charge in [-0.25, -0.2) is 4.39 Å². The molecular weight excluding hydrogens is 342 g/mol. The fourth-order valence-corrected chi connectivity index (χ4v) is 2.22. The van der Waals surface area contributed by atoms with E-state index in [1.807, 2.05) is 12.1 Å². The van der Waals surface area contributed by atoms with Gasteiger partial charge in [-0.15, -0.1) is 0 Å². The highest BCUT2D eigenvalue weighted by atomic mass is 35.5. The summed E-state index contributed by atoms with van der Waals surface area (Å²) in [4.78, 5) is 14.1. The van der Waals surface area contributed by atoms with Crippen LogP contribution in [0.5, 0.6) is 0 Å². The van der Waals surface area contributed by atoms with Crippen molar-refractivity contribution in [3.05, 3.63) is 54.4 Å². The summed E-state index contributed by atoms with van der Waals surface area (Å²) in [5.74, 6) is -0.747. The van der Waals surface area contributed by atoms with Crippen molar-refractivity contribution in [2.45, 2.75) is 17.0 Å². The van der Waals surface area contributed by atoms with Gasteiger partial charge in [-0.05, 0) is 28.8 Å². The lowest BCUT2D eigenvalue weighted by Gasteiger charge is -2.22. The van der Waals surface area contributed by atoms with Crippen molar-refractivity contribution in [3.8, 4) is 11.1 Å². The number of aliphatic hydroxyl groups excluding tert-OH is 1. The molecule has 2 atom stereocenters. The van der Waals surface area contributed by atoms with E-state index in [-0.39, 0.29) is 0 Å². The van der Waals surface area contributed by atoms with E-state index in [9.17, 15) is 14.3 Å². The number of hydrogen-bond donors (Lipinski definition) is 2. The Hall–Kier alpha value is -1.69. The first kappa shape index (κ1) is 17.7. The second-order valence-electron chi connectivity index (χ2n) is 4.87. The molecule has 23 heavy (non-hydrogen) atoms. The minimum atomic E-state index is -1.31. The number of pyridine rings is 1. The van der Waals surface area contributed by atoms with E-state index in [1.54, 1.807) is 36.7 Å². The van der Waals surface area contributed by atoms with Crippen LogP contribution in [-0.4, -0.2) is 33.6 Å². The number of nitrogens with one attached hydrogen (secondary N) is 1. The highest BCUT2D eigenvalue weighted by molar-refractivity contribution is 6.53. The molecule has 0 saturated carbocycles. The van der Waals surface area contributed by atoms with E-state index in [2.05, 4.69) is 10.3 Å². The Kier molecular flexibility index (Phi) is 6.33. The van der Waals surface area contributed by atoms with Gasteiger partial charge in [-0.1, -0.05) is 47.5 Å². The summed E-state index contributed by atoms with van der Waals surface area (Å²) in [5.41, 5.74) is 2.39. The summed E-state index contributed by atoms with van der Waals surface area (Å²) in [5, 5.41) is 12.5. The van der Waals surface area contributed by atoms with Crippen LogP contribution in [0.25, 0.3) is 11.1 Å². The van der Waals surface area contributed by atoms with Gasteiger partial charge in [0, 0.05) is 12.4 Å². The number of benzene rings is 1. The van der Waals surface area contributed by atoms with Gasteiger partial charge >= 0.3 is 0 Å². The molecule has 0 spiro atoms. The average molecular weight is 357 g/mol. The Bertz CT molecular complexity index is 638. The lowest BCUT2D eigenvalue weighted by molar-refractivity contribution is -0.121. The van der Waals surface area contributed by atoms with E-state index >= 15 is 0 Å². The summed E-state index contributed by atoms with van der Waals surface area (Å²) in [6.07, 6.45) is 2.16. The maximum Gasteiger partial charge on any atom is 0.253 e. The molecule has 0 aliphatic rings. The van der Waals surface area contributed by atoms with E-state index in [1.165, 1.54) is 0 Å². The number of halogens is 3. The summed E-state index contributed by atoms with van der Waals surface area (Å²) < 4.78 is 13.1. The predicted octanol–water partition coefficient (Wildman–Crippen LogP) is 3.04. The Labute approximate surface area is 143 Å². The first-order chi connectivity index (χ1) is 11.0. The molecule has 0 bridgehead atoms. The van der Waals surface area contributed by atoms with Crippen LogP contribution in [0.1, 0.15) is 11.7 Å². The molecule has 2 N–H and O–H groups in total. The molecule has 0 aliphatic heterocycles. The predicted molar refractivity (Wildman–Crippen MR) is 88.0 cm³/mol. The first-order valence-electron chi connectivity index (χ1n) is 6.86. The van der Waals surface area contributed by atoms with Crippen LogP contribution in [0, 0.1) is 0 Å². The molecule has 4 nitrogen and oxygen atoms in total. The molecule has 1 aromatic carbocycles. The summed E-state index contributed by atoms with van der Waals surface area (Å²) in [6.45, 7) is -0.945. The molecule has 0 saturated heterocycles. The summed E-state index contributed by atoms with van der Waals surface area (Å²) >= 11 is 10.8. The van der Waals surface area contributed by atoms with E-state index in [0.717, 1.165) is 11.1 Å². The van der Waals surface area contributed by atoms with Crippen LogP contribution >= 0.6 is 23.2 Å². The zero-order valence-corrected chi connectivity index (χ0v) is 13.5. The summed E-state index contributed by atoms with van der Waals surface area (Å²) in [6, 6.07) is 9.55. The molecule has 2 rings (SSSR count). The number of aliphatic hydroxyl groups is 1. The van der Waals surface area contributed by atoms with Crippen LogP contribution in [0.15, 0.2) is 48.8 Å². The summed E-state index contributed by atoms with van der Waals surface area (Å²) in [7, 11) is 0. The van der Waals surface area contributed by atoms with Gasteiger partial charge in [-0.2, -0.15) is 0 Å². The van der Waals surface area contributed by atoms with Gasteiger partial charge in [-0.3, -0.25) is 9.78 Å². The zero-order valence-electron chi connectivity index (χ0n) is 12.0. The van der Waals surface area contributed by atoms with Crippen LogP contribution in [0.2, 0.25) is 0 Å². The molecule has 1 aromatic heterocycles. The second-order valence-corrected chi connectivity index (χ2v) is 5.97. The lowest BCUT2D eigenvalue weighted by Crippen LogP contribution is -2.43. The molecular formula is C16H15Cl2FN2O2. The average Bonchev–Trinajstić information content (AvgIpc) is 2.59. The Morgan fingerprint density at radius 2 is 1.70 bits per heavy atom. The molecule has 1 heterocycles. The second kappa shape index (κ2) is 8.24. The van der Waals surface area contributed by atoms with Crippen molar-refractivity contribution in [1.29, 1.82) is 0 Å². The molecule has 0 aliphatic carbocycles. The van der Waals surface area contributed by atoms with Gasteiger partial charge in [0.2, 0.25) is 0 Å². The molecule has 0 unspecified atom stereocenters.